The van der Waals surface area contributed by atoms with Gasteiger partial charge in [0.1, 0.15) is 5.82 Å². The van der Waals surface area contributed by atoms with Crippen molar-refractivity contribution in [2.24, 2.45) is 0 Å². The van der Waals surface area contributed by atoms with E-state index in [1.54, 1.807) is 11.1 Å². The minimum absolute atomic E-state index is 0.0370. The van der Waals surface area contributed by atoms with Crippen LogP contribution < -0.4 is 10.2 Å². The highest BCUT2D eigenvalue weighted by molar-refractivity contribution is 5.93. The standard InChI is InChI=1S/C17H21N7O/c25-17-19-5-6-23(17)14-7-20-24(11-14)15-9-22(10-15)8-13-3-4-18-16(21-13)12-1-2-12/h3-4,7,11-12,15H,1-2,5-6,8-10H2,(H,19,25). The fraction of sp³-hybridized carbons (Fsp3) is 0.529. The Balaban J connectivity index is 1.18. The van der Waals surface area contributed by atoms with E-state index in [1.807, 2.05) is 23.1 Å². The van der Waals surface area contributed by atoms with Crippen molar-refractivity contribution >= 4 is 11.7 Å². The summed E-state index contributed by atoms with van der Waals surface area (Å²) in [7, 11) is 0. The van der Waals surface area contributed by atoms with Gasteiger partial charge < -0.3 is 5.32 Å². The van der Waals surface area contributed by atoms with Gasteiger partial charge in [-0.05, 0) is 18.9 Å². The summed E-state index contributed by atoms with van der Waals surface area (Å²) >= 11 is 0. The van der Waals surface area contributed by atoms with Gasteiger partial charge in [-0.25, -0.2) is 14.8 Å². The van der Waals surface area contributed by atoms with Crippen molar-refractivity contribution in [2.75, 3.05) is 31.1 Å². The van der Waals surface area contributed by atoms with Crippen molar-refractivity contribution in [3.63, 3.8) is 0 Å². The van der Waals surface area contributed by atoms with Crippen LogP contribution in [0.2, 0.25) is 0 Å². The van der Waals surface area contributed by atoms with Crippen LogP contribution in [0.15, 0.2) is 24.7 Å². The predicted molar refractivity (Wildman–Crippen MR) is 91.3 cm³/mol. The van der Waals surface area contributed by atoms with Gasteiger partial charge in [-0.1, -0.05) is 0 Å². The van der Waals surface area contributed by atoms with Gasteiger partial charge in [-0.15, -0.1) is 0 Å². The summed E-state index contributed by atoms with van der Waals surface area (Å²) in [5.41, 5.74) is 1.98. The Morgan fingerprint density at radius 3 is 2.92 bits per heavy atom. The molecule has 0 bridgehead atoms. The van der Waals surface area contributed by atoms with E-state index < -0.39 is 0 Å². The molecular formula is C17H21N7O. The van der Waals surface area contributed by atoms with E-state index in [0.29, 0.717) is 25.0 Å². The predicted octanol–water partition coefficient (Wildman–Crippen LogP) is 1.14. The number of rotatable bonds is 5. The van der Waals surface area contributed by atoms with Crippen molar-refractivity contribution in [3.8, 4) is 0 Å². The van der Waals surface area contributed by atoms with Gasteiger partial charge in [0.15, 0.2) is 0 Å². The van der Waals surface area contributed by atoms with E-state index in [2.05, 4.69) is 20.3 Å². The SMILES string of the molecule is O=C1NCCN1c1cnn(C2CN(Cc3ccnc(C4CC4)n3)C2)c1. The van der Waals surface area contributed by atoms with Gasteiger partial charge in [0.25, 0.3) is 0 Å². The van der Waals surface area contributed by atoms with E-state index in [9.17, 15) is 4.79 Å². The molecule has 0 atom stereocenters. The molecule has 1 N–H and O–H groups in total. The van der Waals surface area contributed by atoms with Crippen molar-refractivity contribution in [3.05, 3.63) is 36.2 Å². The van der Waals surface area contributed by atoms with Crippen LogP contribution >= 0.6 is 0 Å². The number of likely N-dealkylation sites (tertiary alicyclic amines) is 1. The summed E-state index contributed by atoms with van der Waals surface area (Å²) in [5, 5.41) is 7.26. The maximum absolute atomic E-state index is 11.7. The Bertz CT molecular complexity index is 794. The molecule has 2 amide bonds. The number of carbonyl (C=O) groups excluding carboxylic acids is 1. The highest BCUT2D eigenvalue weighted by Crippen LogP contribution is 2.37. The number of nitrogens with zero attached hydrogens (tertiary/aromatic N) is 6. The van der Waals surface area contributed by atoms with Crippen LogP contribution in [-0.2, 0) is 6.54 Å². The number of hydrogen-bond acceptors (Lipinski definition) is 5. The van der Waals surface area contributed by atoms with Gasteiger partial charge in [0, 0.05) is 51.0 Å². The first-order valence-electron chi connectivity index (χ1n) is 8.90. The monoisotopic (exact) mass is 339 g/mol. The molecule has 0 unspecified atom stereocenters. The Kier molecular flexibility index (Phi) is 3.44. The van der Waals surface area contributed by atoms with E-state index in [0.717, 1.165) is 36.8 Å². The molecule has 3 aliphatic rings. The van der Waals surface area contributed by atoms with Gasteiger partial charge in [0.05, 0.1) is 23.6 Å². The Morgan fingerprint density at radius 2 is 2.16 bits per heavy atom. The lowest BCUT2D eigenvalue weighted by Gasteiger charge is -2.38. The minimum Gasteiger partial charge on any atom is -0.336 e. The minimum atomic E-state index is -0.0370. The molecule has 4 heterocycles. The molecule has 8 heteroatoms. The zero-order chi connectivity index (χ0) is 16.8. The Labute approximate surface area is 145 Å². The zero-order valence-electron chi connectivity index (χ0n) is 14.0. The van der Waals surface area contributed by atoms with Crippen LogP contribution in [0.3, 0.4) is 0 Å². The zero-order valence-corrected chi connectivity index (χ0v) is 14.0. The third-order valence-electron chi connectivity index (χ3n) is 5.13. The fourth-order valence-corrected chi connectivity index (χ4v) is 3.49. The van der Waals surface area contributed by atoms with Gasteiger partial charge in [-0.3, -0.25) is 14.5 Å². The molecule has 130 valence electrons. The highest BCUT2D eigenvalue weighted by atomic mass is 16.2. The smallest absolute Gasteiger partial charge is 0.322 e. The summed E-state index contributed by atoms with van der Waals surface area (Å²) in [6, 6.07) is 2.34. The molecule has 2 aromatic rings. The Hall–Kier alpha value is -2.48. The van der Waals surface area contributed by atoms with Crippen LogP contribution in [0, 0.1) is 0 Å². The van der Waals surface area contributed by atoms with Crippen molar-refractivity contribution in [1.29, 1.82) is 0 Å². The number of carbonyl (C=O) groups is 1. The van der Waals surface area contributed by atoms with Crippen molar-refractivity contribution in [1.82, 2.24) is 30.0 Å². The van der Waals surface area contributed by atoms with Gasteiger partial charge in [0.2, 0.25) is 0 Å². The third-order valence-corrected chi connectivity index (χ3v) is 5.13. The molecule has 1 aliphatic carbocycles. The average molecular weight is 339 g/mol. The molecule has 2 aromatic heterocycles. The molecule has 0 spiro atoms. The van der Waals surface area contributed by atoms with Crippen molar-refractivity contribution < 1.29 is 4.79 Å². The second-order valence-corrected chi connectivity index (χ2v) is 7.09. The number of nitrogens with one attached hydrogen (secondary N) is 1. The van der Waals surface area contributed by atoms with Crippen LogP contribution in [0.5, 0.6) is 0 Å². The van der Waals surface area contributed by atoms with Gasteiger partial charge in [-0.2, -0.15) is 5.10 Å². The number of urea groups is 1. The van der Waals surface area contributed by atoms with E-state index in [1.165, 1.54) is 12.8 Å². The van der Waals surface area contributed by atoms with Crippen LogP contribution in [0.1, 0.15) is 36.3 Å². The van der Waals surface area contributed by atoms with Crippen LogP contribution in [0.25, 0.3) is 0 Å². The first kappa shape index (κ1) is 14.8. The largest absolute Gasteiger partial charge is 0.336 e. The molecule has 2 aliphatic heterocycles. The molecule has 8 nitrogen and oxygen atoms in total. The third kappa shape index (κ3) is 2.86. The highest BCUT2D eigenvalue weighted by Gasteiger charge is 2.31. The van der Waals surface area contributed by atoms with E-state index in [-0.39, 0.29) is 6.03 Å². The summed E-state index contributed by atoms with van der Waals surface area (Å²) < 4.78 is 1.98. The Morgan fingerprint density at radius 1 is 1.28 bits per heavy atom. The number of hydrogen-bond donors (Lipinski definition) is 1. The van der Waals surface area contributed by atoms with E-state index >= 15 is 0 Å². The lowest BCUT2D eigenvalue weighted by Crippen LogP contribution is -2.47. The first-order chi connectivity index (χ1) is 12.3. The summed E-state index contributed by atoms with van der Waals surface area (Å²) in [6.07, 6.45) is 8.09. The molecule has 0 radical (unpaired) electrons. The normalized spacial score (nSPS) is 21.4. The van der Waals surface area contributed by atoms with E-state index in [4.69, 9.17) is 4.98 Å². The lowest BCUT2D eigenvalue weighted by molar-refractivity contribution is 0.0895. The molecule has 1 saturated carbocycles. The lowest BCUT2D eigenvalue weighted by atomic mass is 10.1. The maximum atomic E-state index is 11.7. The van der Waals surface area contributed by atoms with Crippen molar-refractivity contribution in [2.45, 2.75) is 31.3 Å². The molecule has 5 rings (SSSR count). The topological polar surface area (TPSA) is 79.2 Å². The summed E-state index contributed by atoms with van der Waals surface area (Å²) in [6.45, 7) is 4.18. The average Bonchev–Trinajstić information content (AvgIpc) is 3.18. The second-order valence-electron chi connectivity index (χ2n) is 7.09. The number of amides is 2. The van der Waals surface area contributed by atoms with Crippen LogP contribution in [0.4, 0.5) is 10.5 Å². The molecule has 2 saturated heterocycles. The molecule has 25 heavy (non-hydrogen) atoms. The first-order valence-corrected chi connectivity index (χ1v) is 8.90. The summed E-state index contributed by atoms with van der Waals surface area (Å²) in [4.78, 5) is 24.9. The quantitative estimate of drug-likeness (QED) is 0.884. The molecular weight excluding hydrogens is 318 g/mol. The van der Waals surface area contributed by atoms with Gasteiger partial charge >= 0.3 is 6.03 Å². The summed E-state index contributed by atoms with van der Waals surface area (Å²) in [5.74, 6) is 1.60. The number of aromatic nitrogens is 4. The maximum Gasteiger partial charge on any atom is 0.322 e. The fourth-order valence-electron chi connectivity index (χ4n) is 3.49. The molecule has 3 fully saturated rings. The second kappa shape index (κ2) is 5.80. The number of anilines is 1. The molecule has 0 aromatic carbocycles. The van der Waals surface area contributed by atoms with Crippen LogP contribution in [-0.4, -0.2) is 56.9 Å².